The molecule has 0 saturated carbocycles. The molecule has 9 heteroatoms. The second-order valence-corrected chi connectivity index (χ2v) is 6.28. The average Bonchev–Trinajstić information content (AvgIpc) is 3.02. The van der Waals surface area contributed by atoms with Crippen molar-refractivity contribution in [3.05, 3.63) is 65.5 Å². The fourth-order valence-electron chi connectivity index (χ4n) is 2.82. The second-order valence-electron chi connectivity index (χ2n) is 6.28. The molecule has 1 unspecified atom stereocenters. The molecule has 148 valence electrons. The minimum atomic E-state index is -5.13. The van der Waals surface area contributed by atoms with E-state index >= 15 is 0 Å². The molecule has 0 spiro atoms. The number of carbonyl (C=O) groups is 1. The quantitative estimate of drug-likeness (QED) is 0.807. The van der Waals surface area contributed by atoms with Crippen molar-refractivity contribution in [3.63, 3.8) is 0 Å². The highest BCUT2D eigenvalue weighted by molar-refractivity contribution is 6.03. The monoisotopic (exact) mass is 396 g/mol. The Hall–Kier alpha value is -2.94. The first kappa shape index (κ1) is 19.8. The maximum Gasteiger partial charge on any atom is 0.438 e. The fraction of sp³-hybridized carbons (Fsp3) is 0.263. The van der Waals surface area contributed by atoms with E-state index in [1.807, 2.05) is 0 Å². The van der Waals surface area contributed by atoms with Crippen LogP contribution < -0.4 is 4.74 Å². The van der Waals surface area contributed by atoms with E-state index in [0.717, 1.165) is 12.1 Å². The Morgan fingerprint density at radius 1 is 1.18 bits per heavy atom. The number of amides is 1. The molecule has 1 heterocycles. The van der Waals surface area contributed by atoms with Crippen LogP contribution in [0.25, 0.3) is 0 Å². The van der Waals surface area contributed by atoms with E-state index in [-0.39, 0.29) is 16.3 Å². The van der Waals surface area contributed by atoms with Gasteiger partial charge in [0.25, 0.3) is 5.72 Å². The zero-order valence-electron chi connectivity index (χ0n) is 14.7. The van der Waals surface area contributed by atoms with Crippen LogP contribution in [0.15, 0.2) is 53.6 Å². The van der Waals surface area contributed by atoms with Crippen molar-refractivity contribution in [1.82, 2.24) is 5.01 Å². The molecule has 28 heavy (non-hydrogen) atoms. The van der Waals surface area contributed by atoms with Gasteiger partial charge in [0.1, 0.15) is 11.6 Å². The summed E-state index contributed by atoms with van der Waals surface area (Å²) in [5.74, 6) is -1.07. The molecule has 0 aliphatic carbocycles. The topological polar surface area (TPSA) is 62.1 Å². The maximum absolute atomic E-state index is 13.6. The molecule has 1 amide bonds. The number of methoxy groups -OCH3 is 1. The van der Waals surface area contributed by atoms with Crippen LogP contribution >= 0.6 is 0 Å². The third-order valence-corrected chi connectivity index (χ3v) is 4.37. The van der Waals surface area contributed by atoms with E-state index in [2.05, 4.69) is 5.10 Å². The first-order valence-electron chi connectivity index (χ1n) is 8.22. The number of aliphatic hydroxyl groups is 1. The van der Waals surface area contributed by atoms with Gasteiger partial charge in [0, 0.05) is 0 Å². The van der Waals surface area contributed by atoms with Gasteiger partial charge in [-0.15, -0.1) is 0 Å². The van der Waals surface area contributed by atoms with Crippen LogP contribution in [-0.4, -0.2) is 40.7 Å². The first-order chi connectivity index (χ1) is 13.1. The van der Waals surface area contributed by atoms with E-state index in [1.54, 1.807) is 12.1 Å². The number of hydrogen-bond donors (Lipinski definition) is 1. The lowest BCUT2D eigenvalue weighted by atomic mass is 10.0. The van der Waals surface area contributed by atoms with Crippen LogP contribution in [0.2, 0.25) is 0 Å². The number of benzene rings is 2. The van der Waals surface area contributed by atoms with Gasteiger partial charge in [-0.3, -0.25) is 4.79 Å². The molecular formula is C19H16F4N2O3. The summed E-state index contributed by atoms with van der Waals surface area (Å²) in [6, 6.07) is 10.8. The predicted octanol–water partition coefficient (Wildman–Crippen LogP) is 3.26. The first-order valence-corrected chi connectivity index (χ1v) is 8.22. The highest BCUT2D eigenvalue weighted by Crippen LogP contribution is 2.41. The van der Waals surface area contributed by atoms with Crippen molar-refractivity contribution >= 4 is 11.6 Å². The third kappa shape index (κ3) is 3.70. The molecule has 1 atom stereocenters. The molecule has 1 aliphatic heterocycles. The van der Waals surface area contributed by atoms with E-state index in [0.29, 0.717) is 11.3 Å². The number of halogens is 4. The Bertz CT molecular complexity index is 895. The van der Waals surface area contributed by atoms with Crippen molar-refractivity contribution in [3.8, 4) is 5.75 Å². The summed E-state index contributed by atoms with van der Waals surface area (Å²) in [5, 5.41) is 14.1. The number of nitrogens with zero attached hydrogens (tertiary/aromatic N) is 2. The van der Waals surface area contributed by atoms with Crippen LogP contribution in [0, 0.1) is 5.82 Å². The van der Waals surface area contributed by atoms with E-state index in [9.17, 15) is 27.5 Å². The number of rotatable bonds is 4. The third-order valence-electron chi connectivity index (χ3n) is 4.37. The van der Waals surface area contributed by atoms with Crippen LogP contribution in [0.3, 0.4) is 0 Å². The van der Waals surface area contributed by atoms with Gasteiger partial charge in [0.2, 0.25) is 5.91 Å². The van der Waals surface area contributed by atoms with Gasteiger partial charge in [0.05, 0.1) is 25.7 Å². The molecular weight excluding hydrogens is 380 g/mol. The summed E-state index contributed by atoms with van der Waals surface area (Å²) in [4.78, 5) is 12.5. The molecule has 0 saturated heterocycles. The number of hydrogen-bond acceptors (Lipinski definition) is 4. The molecule has 5 nitrogen and oxygen atoms in total. The fourth-order valence-corrected chi connectivity index (χ4v) is 2.82. The largest absolute Gasteiger partial charge is 0.497 e. The summed E-state index contributed by atoms with van der Waals surface area (Å²) in [6.07, 6.45) is -6.48. The SMILES string of the molecule is COc1ccc(CC(=O)N2N=C(c3ccc(F)cc3)CC2(O)C(F)(F)F)cc1. The van der Waals surface area contributed by atoms with Gasteiger partial charge in [-0.25, -0.2) is 4.39 Å². The van der Waals surface area contributed by atoms with Gasteiger partial charge in [-0.1, -0.05) is 24.3 Å². The highest BCUT2D eigenvalue weighted by atomic mass is 19.4. The normalized spacial score (nSPS) is 19.5. The molecule has 2 aromatic rings. The van der Waals surface area contributed by atoms with Crippen LogP contribution in [-0.2, 0) is 11.2 Å². The Morgan fingerprint density at radius 3 is 2.32 bits per heavy atom. The van der Waals surface area contributed by atoms with Crippen molar-refractivity contribution in [2.24, 2.45) is 5.10 Å². The Morgan fingerprint density at radius 2 is 1.79 bits per heavy atom. The minimum absolute atomic E-state index is 0.0654. The molecule has 0 bridgehead atoms. The van der Waals surface area contributed by atoms with Crippen molar-refractivity contribution in [2.45, 2.75) is 24.7 Å². The smallest absolute Gasteiger partial charge is 0.438 e. The van der Waals surface area contributed by atoms with Crippen molar-refractivity contribution < 1.29 is 32.2 Å². The van der Waals surface area contributed by atoms with E-state index < -0.39 is 36.5 Å². The minimum Gasteiger partial charge on any atom is -0.497 e. The van der Waals surface area contributed by atoms with Gasteiger partial charge in [-0.05, 0) is 35.4 Å². The van der Waals surface area contributed by atoms with Gasteiger partial charge >= 0.3 is 6.18 Å². The summed E-state index contributed by atoms with van der Waals surface area (Å²) in [5.41, 5.74) is -3.02. The lowest BCUT2D eigenvalue weighted by molar-refractivity contribution is -0.302. The summed E-state index contributed by atoms with van der Waals surface area (Å²) >= 11 is 0. The number of hydrazone groups is 1. The molecule has 2 aromatic carbocycles. The number of ether oxygens (including phenoxy) is 1. The van der Waals surface area contributed by atoms with Crippen LogP contribution in [0.4, 0.5) is 17.6 Å². The zero-order valence-corrected chi connectivity index (χ0v) is 14.7. The molecule has 0 aromatic heterocycles. The van der Waals surface area contributed by atoms with Gasteiger partial charge < -0.3 is 9.84 Å². The number of carbonyl (C=O) groups excluding carboxylic acids is 1. The molecule has 0 fully saturated rings. The number of alkyl halides is 3. The van der Waals surface area contributed by atoms with Crippen molar-refractivity contribution in [2.75, 3.05) is 7.11 Å². The lowest BCUT2D eigenvalue weighted by Crippen LogP contribution is -2.57. The van der Waals surface area contributed by atoms with Gasteiger partial charge in [0.15, 0.2) is 0 Å². The summed E-state index contributed by atoms with van der Waals surface area (Å²) in [7, 11) is 1.46. The van der Waals surface area contributed by atoms with E-state index in [4.69, 9.17) is 4.74 Å². The summed E-state index contributed by atoms with van der Waals surface area (Å²) < 4.78 is 58.7. The van der Waals surface area contributed by atoms with Crippen molar-refractivity contribution in [1.29, 1.82) is 0 Å². The van der Waals surface area contributed by atoms with Gasteiger partial charge in [-0.2, -0.15) is 23.3 Å². The molecule has 3 rings (SSSR count). The molecule has 0 radical (unpaired) electrons. The molecule has 1 N–H and O–H groups in total. The Balaban J connectivity index is 1.90. The lowest BCUT2D eigenvalue weighted by Gasteiger charge is -2.32. The Kier molecular flexibility index (Phi) is 5.12. The van der Waals surface area contributed by atoms with E-state index in [1.165, 1.54) is 31.4 Å². The predicted molar refractivity (Wildman–Crippen MR) is 92.1 cm³/mol. The second kappa shape index (κ2) is 7.23. The average molecular weight is 396 g/mol. The highest BCUT2D eigenvalue weighted by Gasteiger charge is 2.63. The standard InChI is InChI=1S/C19H16F4N2O3/c1-28-15-8-2-12(3-9-15)10-17(26)25-18(27,19(21,22)23)11-16(24-25)13-4-6-14(20)7-5-13/h2-9,27H,10-11H2,1H3. The van der Waals surface area contributed by atoms with Crippen LogP contribution in [0.1, 0.15) is 17.5 Å². The van der Waals surface area contributed by atoms with Crippen LogP contribution in [0.5, 0.6) is 5.75 Å². The Labute approximate surface area is 157 Å². The summed E-state index contributed by atoms with van der Waals surface area (Å²) in [6.45, 7) is 0. The zero-order chi connectivity index (χ0) is 20.5. The molecule has 1 aliphatic rings. The maximum atomic E-state index is 13.6.